The quantitative estimate of drug-likeness (QED) is 0.0956. The minimum atomic E-state index is -1.31. The van der Waals surface area contributed by atoms with Crippen molar-refractivity contribution in [3.8, 4) is 22.6 Å². The van der Waals surface area contributed by atoms with E-state index in [0.717, 1.165) is 36.0 Å². The molecule has 0 saturated carbocycles. The highest BCUT2D eigenvalue weighted by molar-refractivity contribution is 6.00. The van der Waals surface area contributed by atoms with Crippen LogP contribution in [0.5, 0.6) is 11.5 Å². The summed E-state index contributed by atoms with van der Waals surface area (Å²) in [6.07, 6.45) is 7.01. The molecule has 3 aromatic carbocycles. The first kappa shape index (κ1) is 47.4. The largest absolute Gasteiger partial charge is 0.492 e. The number of amides is 4. The van der Waals surface area contributed by atoms with Crippen molar-refractivity contribution >= 4 is 29.4 Å². The maximum Gasteiger partial charge on any atom is 0.252 e. The highest BCUT2D eigenvalue weighted by atomic mass is 16.5. The van der Waals surface area contributed by atoms with Crippen LogP contribution in [-0.2, 0) is 32.0 Å². The number of hydrogen-bond donors (Lipinski definition) is 6. The number of nitrogens with zero attached hydrogens (tertiary/aromatic N) is 1. The number of ketones is 1. The lowest BCUT2D eigenvalue weighted by atomic mass is 9.93. The van der Waals surface area contributed by atoms with Crippen LogP contribution in [0.1, 0.15) is 104 Å². The van der Waals surface area contributed by atoms with E-state index in [4.69, 9.17) is 26.7 Å². The van der Waals surface area contributed by atoms with Crippen molar-refractivity contribution in [2.45, 2.75) is 110 Å². The van der Waals surface area contributed by atoms with Gasteiger partial charge in [0.15, 0.2) is 5.78 Å². The molecule has 0 saturated heterocycles. The average molecular weight is 828 g/mol. The van der Waals surface area contributed by atoms with Crippen LogP contribution < -0.4 is 42.6 Å². The van der Waals surface area contributed by atoms with Gasteiger partial charge in [0, 0.05) is 36.8 Å². The summed E-state index contributed by atoms with van der Waals surface area (Å²) in [5.74, 6) is -1.63. The number of rotatable bonds is 19. The summed E-state index contributed by atoms with van der Waals surface area (Å²) in [6.45, 7) is 9.95. The molecule has 4 rings (SSSR count). The van der Waals surface area contributed by atoms with E-state index >= 15 is 0 Å². The van der Waals surface area contributed by atoms with Crippen molar-refractivity contribution in [3.05, 3.63) is 81.9 Å². The zero-order valence-electron chi connectivity index (χ0n) is 36.2. The van der Waals surface area contributed by atoms with Crippen LogP contribution in [0.2, 0.25) is 0 Å². The number of nitrogens with two attached hydrogens (primary N) is 3. The molecule has 14 heteroatoms. The molecule has 0 radical (unpaired) electrons. The van der Waals surface area contributed by atoms with Gasteiger partial charge in [0.1, 0.15) is 42.8 Å². The first-order valence-corrected chi connectivity index (χ1v) is 21.2. The molecule has 1 heterocycles. The molecule has 4 atom stereocenters. The molecule has 1 aliphatic heterocycles. The van der Waals surface area contributed by atoms with E-state index in [1.165, 1.54) is 50.6 Å². The molecule has 3 aromatic rings. The molecule has 0 aromatic heterocycles. The van der Waals surface area contributed by atoms with Crippen molar-refractivity contribution < 1.29 is 33.4 Å². The van der Waals surface area contributed by atoms with Crippen LogP contribution in [0.3, 0.4) is 0 Å². The van der Waals surface area contributed by atoms with Gasteiger partial charge in [-0.1, -0.05) is 50.8 Å². The summed E-state index contributed by atoms with van der Waals surface area (Å²) in [5, 5.41) is 8.45. The minimum absolute atomic E-state index is 0.0735. The van der Waals surface area contributed by atoms with Crippen molar-refractivity contribution in [1.29, 1.82) is 0 Å². The normalized spacial score (nSPS) is 17.1. The molecular weight excluding hydrogens is 763 g/mol. The van der Waals surface area contributed by atoms with Gasteiger partial charge in [0.25, 0.3) is 5.91 Å². The van der Waals surface area contributed by atoms with Gasteiger partial charge in [-0.25, -0.2) is 0 Å². The number of carbonyl (C=O) groups excluding carboxylic acids is 5. The first-order chi connectivity index (χ1) is 28.8. The van der Waals surface area contributed by atoms with Gasteiger partial charge in [-0.05, 0) is 118 Å². The molecule has 60 heavy (non-hydrogen) atoms. The molecule has 0 fully saturated rings. The molecule has 0 aliphatic carbocycles. The summed E-state index contributed by atoms with van der Waals surface area (Å²) in [5.41, 5.74) is 23.4. The van der Waals surface area contributed by atoms with E-state index in [9.17, 15) is 24.0 Å². The zero-order chi connectivity index (χ0) is 43.9. The third-order valence-electron chi connectivity index (χ3n) is 11.1. The Labute approximate surface area is 354 Å². The number of hydrogen-bond acceptors (Lipinski definition) is 10. The number of likely N-dealkylation sites (N-methyl/N-ethyl adjacent to an activating group) is 1. The number of nitrogens with one attached hydrogen (secondary N) is 3. The van der Waals surface area contributed by atoms with Crippen molar-refractivity contribution in [3.63, 3.8) is 0 Å². The van der Waals surface area contributed by atoms with Crippen molar-refractivity contribution in [2.75, 3.05) is 39.9 Å². The summed E-state index contributed by atoms with van der Waals surface area (Å²) in [6, 6.07) is 9.91. The SMILES string of the molecule is CCCCCCCc1ccc(C(=O)N[C@@H](CCN)C(=O)N(C)[C@@H]2C(=O)N[C@@H](C)C(=O)N[C@H](C(C)=O)Cc3ccc(OCCN)c(c3)-c3cc2ccc3OCCN)c(C)c1C. The molecule has 4 amide bonds. The fraction of sp³-hybridized carbons (Fsp3) is 0.500. The van der Waals surface area contributed by atoms with Crippen molar-refractivity contribution in [2.24, 2.45) is 17.2 Å². The summed E-state index contributed by atoms with van der Waals surface area (Å²) in [7, 11) is 1.47. The lowest BCUT2D eigenvalue weighted by Gasteiger charge is -2.32. The molecule has 1 aliphatic rings. The van der Waals surface area contributed by atoms with E-state index in [0.29, 0.717) is 33.8 Å². The topological polar surface area (TPSA) is 221 Å². The average Bonchev–Trinajstić information content (AvgIpc) is 3.22. The summed E-state index contributed by atoms with van der Waals surface area (Å²) in [4.78, 5) is 70.6. The summed E-state index contributed by atoms with van der Waals surface area (Å²) >= 11 is 0. The number of benzene rings is 3. The molecule has 4 bridgehead atoms. The van der Waals surface area contributed by atoms with Gasteiger partial charge in [-0.2, -0.15) is 0 Å². The van der Waals surface area contributed by atoms with Crippen LogP contribution in [-0.4, -0.2) is 92.3 Å². The van der Waals surface area contributed by atoms with Gasteiger partial charge in [0.05, 0.1) is 6.04 Å². The maximum absolute atomic E-state index is 14.6. The smallest absolute Gasteiger partial charge is 0.252 e. The van der Waals surface area contributed by atoms with Gasteiger partial charge < -0.3 is 47.5 Å². The maximum atomic E-state index is 14.6. The number of fused-ring (bicyclic) bond motifs is 5. The third kappa shape index (κ3) is 12.1. The fourth-order valence-electron chi connectivity index (χ4n) is 7.52. The summed E-state index contributed by atoms with van der Waals surface area (Å²) < 4.78 is 12.2. The Morgan fingerprint density at radius 3 is 2.12 bits per heavy atom. The Bertz CT molecular complexity index is 1990. The molecular formula is C46H65N7O7. The Morgan fingerprint density at radius 2 is 1.48 bits per heavy atom. The van der Waals surface area contributed by atoms with Gasteiger partial charge in [0.2, 0.25) is 17.7 Å². The lowest BCUT2D eigenvalue weighted by Crippen LogP contribution is -2.55. The Morgan fingerprint density at radius 1 is 0.833 bits per heavy atom. The van der Waals surface area contributed by atoms with Crippen LogP contribution in [0.25, 0.3) is 11.1 Å². The van der Waals surface area contributed by atoms with Gasteiger partial charge in [-0.3, -0.25) is 24.0 Å². The highest BCUT2D eigenvalue weighted by Gasteiger charge is 2.36. The van der Waals surface area contributed by atoms with Crippen molar-refractivity contribution in [1.82, 2.24) is 20.9 Å². The van der Waals surface area contributed by atoms with E-state index in [1.54, 1.807) is 30.3 Å². The molecule has 14 nitrogen and oxygen atoms in total. The third-order valence-corrected chi connectivity index (χ3v) is 11.1. The second kappa shape index (κ2) is 22.9. The second-order valence-corrected chi connectivity index (χ2v) is 15.6. The van der Waals surface area contributed by atoms with E-state index in [1.807, 2.05) is 32.0 Å². The van der Waals surface area contributed by atoms with Crippen LogP contribution in [0.15, 0.2) is 48.5 Å². The molecule has 9 N–H and O–H groups in total. The Kier molecular flexibility index (Phi) is 18.1. The molecule has 0 spiro atoms. The Hall–Kier alpha value is -5.31. The monoisotopic (exact) mass is 827 g/mol. The second-order valence-electron chi connectivity index (χ2n) is 15.6. The van der Waals surface area contributed by atoms with Gasteiger partial charge in [-0.15, -0.1) is 0 Å². The molecule has 326 valence electrons. The number of aryl methyl sites for hydroxylation is 1. The number of carbonyl (C=O) groups is 5. The predicted octanol–water partition coefficient (Wildman–Crippen LogP) is 3.94. The first-order valence-electron chi connectivity index (χ1n) is 21.2. The number of Topliss-reactive ketones (excluding diaryl/α,β-unsaturated/α-hetero) is 1. The Balaban J connectivity index is 1.78. The van der Waals surface area contributed by atoms with Crippen LogP contribution >= 0.6 is 0 Å². The molecule has 0 unspecified atom stereocenters. The number of ether oxygens (including phenoxy) is 2. The standard InChI is InChI=1S/C46H65N7O7/c1-7-8-9-10-11-12-33-14-16-35(29(3)28(33)2)44(56)51-38(19-20-47)46(58)53(6)42-34-15-18-41(60-24-22-49)37(27-34)36-25-32(13-17-40(36)59-23-21-48)26-39(31(5)54)52-43(55)30(4)50-45(42)57/h13-18,25,27,30,38-39,42H,7-12,19-24,26,47-49H2,1-6H3,(H,50,57)(H,51,56)(H,52,55)/t30-,38-,39-,42-/m0/s1. The number of unbranched alkanes of at least 4 members (excludes halogenated alkanes) is 4. The fourth-order valence-corrected chi connectivity index (χ4v) is 7.52. The zero-order valence-corrected chi connectivity index (χ0v) is 36.2. The van der Waals surface area contributed by atoms with Crippen LogP contribution in [0.4, 0.5) is 0 Å². The van der Waals surface area contributed by atoms with Gasteiger partial charge >= 0.3 is 0 Å². The predicted molar refractivity (Wildman–Crippen MR) is 234 cm³/mol. The minimum Gasteiger partial charge on any atom is -0.492 e. The van der Waals surface area contributed by atoms with E-state index < -0.39 is 47.8 Å². The van der Waals surface area contributed by atoms with E-state index in [-0.39, 0.29) is 51.5 Å². The lowest BCUT2D eigenvalue weighted by molar-refractivity contribution is -0.141. The van der Waals surface area contributed by atoms with E-state index in [2.05, 4.69) is 22.9 Å². The van der Waals surface area contributed by atoms with Crippen LogP contribution in [0, 0.1) is 13.8 Å². The highest BCUT2D eigenvalue weighted by Crippen LogP contribution is 2.40.